The summed E-state index contributed by atoms with van der Waals surface area (Å²) in [7, 11) is -0.892. The largest absolute Gasteiger partial charge is 2.00 e. The summed E-state index contributed by atoms with van der Waals surface area (Å²) in [5.74, 6) is 6.36. The molecule has 4 aliphatic carbocycles. The first-order valence-corrected chi connectivity index (χ1v) is 24.5. The van der Waals surface area contributed by atoms with Crippen molar-refractivity contribution in [3.05, 3.63) is 256 Å². The minimum absolute atomic E-state index is 0. The van der Waals surface area contributed by atoms with Crippen LogP contribution in [0.5, 0.6) is 0 Å². The monoisotopic (exact) mass is 942 g/mol. The van der Waals surface area contributed by atoms with Crippen molar-refractivity contribution in [1.29, 1.82) is 0 Å². The van der Waals surface area contributed by atoms with Gasteiger partial charge >= 0.3 is 19.5 Å². The summed E-state index contributed by atoms with van der Waals surface area (Å²) in [5, 5.41) is 8.39. The van der Waals surface area contributed by atoms with Gasteiger partial charge in [-0.1, -0.05) is 233 Å². The average molecular weight is 942 g/mol. The standard InChI is InChI=1S/2C18H15P.C15H21.C9H7.Ru/c2*1-4-10-16(11-5-1)19(17-12-6-2-7-13-17)18-14-8-3-9-15-18;1-6-9-15(7-2)13(3,4)12-8-10-14(15,5)11-12;1-2-5-9-7-3-6-8(9)4-1;/h2*1-15H;6,12H,1,8-11H2,3-5H3;1-7H;/q;;-1;;+2/t;;12-,14+,15?;;/m..0../s1. The fourth-order valence-corrected chi connectivity index (χ4v) is 14.5. The van der Waals surface area contributed by atoms with E-state index in [1.807, 2.05) is 6.08 Å². The summed E-state index contributed by atoms with van der Waals surface area (Å²) < 4.78 is 0. The third kappa shape index (κ3) is 11.1. The summed E-state index contributed by atoms with van der Waals surface area (Å²) >= 11 is 0. The third-order valence-electron chi connectivity index (χ3n) is 13.2. The predicted octanol–water partition coefficient (Wildman–Crippen LogP) is 12.8. The van der Waals surface area contributed by atoms with Gasteiger partial charge in [0.05, 0.1) is 0 Å². The van der Waals surface area contributed by atoms with E-state index in [1.54, 1.807) is 0 Å². The minimum Gasteiger partial charge on any atom is -0.693 e. The zero-order valence-corrected chi connectivity index (χ0v) is 40.3. The number of allylic oxidation sites excluding steroid dienone is 5. The van der Waals surface area contributed by atoms with Gasteiger partial charge in [0.2, 0.25) is 0 Å². The van der Waals surface area contributed by atoms with Crippen LogP contribution < -0.4 is 31.8 Å². The van der Waals surface area contributed by atoms with Crippen LogP contribution in [0.15, 0.2) is 219 Å². The Kier molecular flexibility index (Phi) is 17.5. The van der Waals surface area contributed by atoms with Gasteiger partial charge in [0.1, 0.15) is 0 Å². The van der Waals surface area contributed by atoms with Gasteiger partial charge in [0.15, 0.2) is 0 Å². The first-order chi connectivity index (χ1) is 30.3. The molecule has 2 bridgehead atoms. The number of rotatable bonds is 8. The second kappa shape index (κ2) is 23.0. The van der Waals surface area contributed by atoms with Crippen molar-refractivity contribution in [3.63, 3.8) is 0 Å². The smallest absolute Gasteiger partial charge is 0.693 e. The predicted molar refractivity (Wildman–Crippen MR) is 272 cm³/mol. The summed E-state index contributed by atoms with van der Waals surface area (Å²) in [6.45, 7) is 10.9. The summed E-state index contributed by atoms with van der Waals surface area (Å²) in [6, 6.07) is 64.7. The zero-order chi connectivity index (χ0) is 43.3. The maximum Gasteiger partial charge on any atom is 2.00 e. The fourth-order valence-electron chi connectivity index (χ4n) is 9.89. The maximum absolute atomic E-state index is 7.79. The van der Waals surface area contributed by atoms with Gasteiger partial charge in [-0.2, -0.15) is 0 Å². The molecule has 63 heavy (non-hydrogen) atoms. The summed E-state index contributed by atoms with van der Waals surface area (Å²) in [5.41, 5.74) is 0.442. The molecule has 4 aliphatic rings. The van der Waals surface area contributed by atoms with Crippen molar-refractivity contribution >= 4 is 47.7 Å². The van der Waals surface area contributed by atoms with Crippen molar-refractivity contribution in [3.8, 4) is 5.92 Å². The number of hydrogen-bond donors (Lipinski definition) is 0. The molecular formula is C60H58P2Ru+. The molecule has 0 amide bonds. The van der Waals surface area contributed by atoms with E-state index in [1.165, 1.54) is 62.9 Å². The molecule has 5 radical (unpaired) electrons. The van der Waals surface area contributed by atoms with Gasteiger partial charge < -0.3 is 12.3 Å². The van der Waals surface area contributed by atoms with Crippen molar-refractivity contribution in [1.82, 2.24) is 0 Å². The molecule has 6 aromatic carbocycles. The Morgan fingerprint density at radius 3 is 1.13 bits per heavy atom. The molecule has 315 valence electrons. The van der Waals surface area contributed by atoms with Crippen molar-refractivity contribution in [2.24, 2.45) is 22.2 Å². The topological polar surface area (TPSA) is 0 Å². The normalized spacial score (nSPS) is 21.3. The van der Waals surface area contributed by atoms with Gasteiger partial charge in [-0.3, -0.25) is 0 Å². The van der Waals surface area contributed by atoms with Crippen LogP contribution in [-0.2, 0) is 19.5 Å². The van der Waals surface area contributed by atoms with Gasteiger partial charge in [-0.25, -0.2) is 0 Å². The van der Waals surface area contributed by atoms with Gasteiger partial charge in [-0.05, 0) is 109 Å². The van der Waals surface area contributed by atoms with Crippen LogP contribution in [0.3, 0.4) is 0 Å². The van der Waals surface area contributed by atoms with Gasteiger partial charge in [0.25, 0.3) is 0 Å². The van der Waals surface area contributed by atoms with E-state index in [4.69, 9.17) is 6.42 Å². The van der Waals surface area contributed by atoms with Crippen molar-refractivity contribution in [2.45, 2.75) is 46.5 Å². The second-order valence-corrected chi connectivity index (χ2v) is 21.5. The van der Waals surface area contributed by atoms with Crippen molar-refractivity contribution < 1.29 is 19.5 Å². The maximum atomic E-state index is 7.79. The molecule has 6 aromatic rings. The molecule has 3 atom stereocenters. The van der Waals surface area contributed by atoms with E-state index in [9.17, 15) is 0 Å². The first kappa shape index (κ1) is 48.0. The zero-order valence-electron chi connectivity index (χ0n) is 36.8. The number of benzene rings is 6. The Bertz CT molecular complexity index is 2040. The Morgan fingerprint density at radius 1 is 0.556 bits per heavy atom. The SMILES string of the molecule is [C-]#CC1(CC=C)C(C)(C)[C@H]2CC[C@]1(C)C2.[CH]1[CH][C]2C=CC=C[C]2[CH]1.[Ru+2].c1ccc(P(c2ccccc2)c2ccccc2)cc1.c1ccc(P(c2ccccc2)c2ccccc2)cc1. The van der Waals surface area contributed by atoms with E-state index in [2.05, 4.69) is 259 Å². The molecule has 3 saturated carbocycles. The molecule has 3 fully saturated rings. The fraction of sp³-hybridized carbons (Fsp3) is 0.183. The van der Waals surface area contributed by atoms with Crippen LogP contribution in [0.25, 0.3) is 0 Å². The molecule has 3 heteroatoms. The van der Waals surface area contributed by atoms with Gasteiger partial charge in [0, 0.05) is 17.3 Å². The van der Waals surface area contributed by atoms with E-state index in [-0.39, 0.29) is 35.7 Å². The third-order valence-corrected chi connectivity index (χ3v) is 18.1. The Balaban J connectivity index is 0.000000143. The number of fused-ring (bicyclic) bond motifs is 3. The molecule has 0 spiro atoms. The van der Waals surface area contributed by atoms with Crippen LogP contribution in [-0.4, -0.2) is 0 Å². The average Bonchev–Trinajstić information content (AvgIpc) is 4.03. The van der Waals surface area contributed by atoms with Crippen LogP contribution in [0, 0.1) is 65.6 Å². The minimum atomic E-state index is -0.446. The Hall–Kier alpha value is -4.42. The van der Waals surface area contributed by atoms with Crippen LogP contribution in [0.2, 0.25) is 0 Å². The summed E-state index contributed by atoms with van der Waals surface area (Å²) in [6.07, 6.45) is 29.2. The molecule has 0 saturated heterocycles. The first-order valence-electron chi connectivity index (χ1n) is 21.9. The summed E-state index contributed by atoms with van der Waals surface area (Å²) in [4.78, 5) is 0. The second-order valence-electron chi connectivity index (χ2n) is 17.1. The molecule has 10 rings (SSSR count). The Morgan fingerprint density at radius 2 is 0.873 bits per heavy atom. The molecule has 0 N–H and O–H groups in total. The Labute approximate surface area is 395 Å². The van der Waals surface area contributed by atoms with E-state index >= 15 is 0 Å². The van der Waals surface area contributed by atoms with Crippen molar-refractivity contribution in [2.75, 3.05) is 0 Å². The quantitative estimate of drug-likeness (QED) is 0.0469. The van der Waals surface area contributed by atoms with E-state index in [0.717, 1.165) is 12.3 Å². The molecule has 0 heterocycles. The molecular weight excluding hydrogens is 884 g/mol. The molecule has 1 unspecified atom stereocenters. The van der Waals surface area contributed by atoms with E-state index in [0.29, 0.717) is 0 Å². The van der Waals surface area contributed by atoms with Crippen LogP contribution in [0.1, 0.15) is 46.5 Å². The molecule has 0 nitrogen and oxygen atoms in total. The van der Waals surface area contributed by atoms with E-state index < -0.39 is 15.8 Å². The van der Waals surface area contributed by atoms with Gasteiger partial charge in [-0.15, -0.1) is 6.58 Å². The van der Waals surface area contributed by atoms with Crippen LogP contribution in [0.4, 0.5) is 0 Å². The molecule has 0 aliphatic heterocycles. The van der Waals surface area contributed by atoms with Crippen LogP contribution >= 0.6 is 15.8 Å². The number of hydrogen-bond acceptors (Lipinski definition) is 0. The molecule has 0 aromatic heterocycles.